The second-order valence-corrected chi connectivity index (χ2v) is 4.89. The third kappa shape index (κ3) is 2.38. The van der Waals surface area contributed by atoms with Crippen LogP contribution in [-0.4, -0.2) is 35.8 Å². The third-order valence-electron chi connectivity index (χ3n) is 3.66. The minimum absolute atomic E-state index is 0.155. The molecule has 1 aliphatic heterocycles. The molecule has 1 atom stereocenters. The zero-order chi connectivity index (χ0) is 15.5. The highest BCUT2D eigenvalue weighted by Crippen LogP contribution is 2.34. The largest absolute Gasteiger partial charge is 0.493 e. The maximum atomic E-state index is 9.26. The number of aromatic nitrogens is 3. The molecule has 22 heavy (non-hydrogen) atoms. The fraction of sp³-hybridized carbons (Fsp3) is 0.400. The van der Waals surface area contributed by atoms with Crippen molar-refractivity contribution in [3.05, 3.63) is 29.6 Å². The van der Waals surface area contributed by atoms with Crippen molar-refractivity contribution in [1.82, 2.24) is 15.0 Å². The lowest BCUT2D eigenvalue weighted by atomic mass is 10.1. The van der Waals surface area contributed by atoms with E-state index < -0.39 is 0 Å². The van der Waals surface area contributed by atoms with Crippen LogP contribution in [0.5, 0.6) is 11.5 Å². The smallest absolute Gasteiger partial charge is 0.189 e. The van der Waals surface area contributed by atoms with Crippen molar-refractivity contribution in [2.24, 2.45) is 0 Å². The van der Waals surface area contributed by atoms with Crippen LogP contribution in [0.4, 0.5) is 0 Å². The van der Waals surface area contributed by atoms with E-state index in [2.05, 4.69) is 16.4 Å². The van der Waals surface area contributed by atoms with E-state index in [0.717, 1.165) is 18.5 Å². The zero-order valence-electron chi connectivity index (χ0n) is 12.4. The van der Waals surface area contributed by atoms with Crippen LogP contribution in [0.1, 0.15) is 30.3 Å². The van der Waals surface area contributed by atoms with Gasteiger partial charge in [0.2, 0.25) is 0 Å². The summed E-state index contributed by atoms with van der Waals surface area (Å²) in [7, 11) is 3.16. The summed E-state index contributed by atoms with van der Waals surface area (Å²) in [6.45, 7) is 0.687. The van der Waals surface area contributed by atoms with Crippen LogP contribution in [0.15, 0.2) is 18.2 Å². The minimum Gasteiger partial charge on any atom is -0.493 e. The molecule has 0 spiro atoms. The van der Waals surface area contributed by atoms with Crippen molar-refractivity contribution in [2.75, 3.05) is 20.8 Å². The fourth-order valence-corrected chi connectivity index (χ4v) is 2.60. The summed E-state index contributed by atoms with van der Waals surface area (Å²) in [5, 5.41) is 17.3. The number of ether oxygens (including phenoxy) is 3. The Morgan fingerprint density at radius 1 is 1.32 bits per heavy atom. The first-order valence-corrected chi connectivity index (χ1v) is 6.98. The van der Waals surface area contributed by atoms with Crippen molar-refractivity contribution in [1.29, 1.82) is 5.26 Å². The third-order valence-corrected chi connectivity index (χ3v) is 3.66. The van der Waals surface area contributed by atoms with Crippen molar-refractivity contribution in [2.45, 2.75) is 18.9 Å². The number of hydrogen-bond donors (Lipinski definition) is 0. The quantitative estimate of drug-likeness (QED) is 0.859. The summed E-state index contributed by atoms with van der Waals surface area (Å²) < 4.78 is 17.9. The summed E-state index contributed by atoms with van der Waals surface area (Å²) in [5.41, 5.74) is 1.73. The van der Waals surface area contributed by atoms with E-state index in [-0.39, 0.29) is 6.10 Å². The number of methoxy groups -OCH3 is 2. The van der Waals surface area contributed by atoms with Gasteiger partial charge in [0.15, 0.2) is 17.2 Å². The molecular formula is C15H16N4O3. The van der Waals surface area contributed by atoms with Crippen molar-refractivity contribution in [3.8, 4) is 23.3 Å². The molecule has 2 aromatic rings. The summed E-state index contributed by atoms with van der Waals surface area (Å²) >= 11 is 0. The fourth-order valence-electron chi connectivity index (χ4n) is 2.60. The van der Waals surface area contributed by atoms with Crippen LogP contribution >= 0.6 is 0 Å². The Bertz CT molecular complexity index is 714. The predicted molar refractivity (Wildman–Crippen MR) is 77.1 cm³/mol. The van der Waals surface area contributed by atoms with Crippen LogP contribution < -0.4 is 9.47 Å². The first-order chi connectivity index (χ1) is 10.8. The Morgan fingerprint density at radius 2 is 2.14 bits per heavy atom. The highest BCUT2D eigenvalue weighted by atomic mass is 16.5. The van der Waals surface area contributed by atoms with Gasteiger partial charge < -0.3 is 14.2 Å². The standard InChI is InChI=1S/C15H16N4O3/c1-20-12-6-5-10(8-14(12)21-2)19-15(11(9-16)17-18-19)13-4-3-7-22-13/h5-6,8,13H,3-4,7H2,1-2H3. The zero-order valence-corrected chi connectivity index (χ0v) is 12.4. The van der Waals surface area contributed by atoms with Crippen molar-refractivity contribution in [3.63, 3.8) is 0 Å². The summed E-state index contributed by atoms with van der Waals surface area (Å²) in [6.07, 6.45) is 1.67. The Hall–Kier alpha value is -2.59. The molecular weight excluding hydrogens is 284 g/mol. The van der Waals surface area contributed by atoms with Crippen molar-refractivity contribution >= 4 is 0 Å². The maximum Gasteiger partial charge on any atom is 0.189 e. The molecule has 7 nitrogen and oxygen atoms in total. The average Bonchev–Trinajstić information content (AvgIpc) is 3.22. The molecule has 0 aliphatic carbocycles. The van der Waals surface area contributed by atoms with Crippen LogP contribution in [0.25, 0.3) is 5.69 Å². The lowest BCUT2D eigenvalue weighted by Crippen LogP contribution is -2.08. The Labute approximate surface area is 128 Å². The molecule has 0 radical (unpaired) electrons. The Kier molecular flexibility index (Phi) is 3.94. The molecule has 1 saturated heterocycles. The van der Waals surface area contributed by atoms with Gasteiger partial charge in [0, 0.05) is 12.7 Å². The van der Waals surface area contributed by atoms with Crippen LogP contribution in [0, 0.1) is 11.3 Å². The molecule has 1 aliphatic rings. The molecule has 1 unspecified atom stereocenters. The Morgan fingerprint density at radius 3 is 2.77 bits per heavy atom. The molecule has 1 fully saturated rings. The van der Waals surface area contributed by atoms with Gasteiger partial charge in [0.1, 0.15) is 17.9 Å². The van der Waals surface area contributed by atoms with E-state index in [9.17, 15) is 5.26 Å². The lowest BCUT2D eigenvalue weighted by Gasteiger charge is -2.14. The second-order valence-electron chi connectivity index (χ2n) is 4.89. The topological polar surface area (TPSA) is 82.2 Å². The molecule has 2 heterocycles. The van der Waals surface area contributed by atoms with E-state index >= 15 is 0 Å². The number of nitriles is 1. The average molecular weight is 300 g/mol. The number of hydrogen-bond acceptors (Lipinski definition) is 6. The SMILES string of the molecule is COc1ccc(-n2nnc(C#N)c2C2CCCO2)cc1OC. The molecule has 7 heteroatoms. The number of nitrogens with zero attached hydrogens (tertiary/aromatic N) is 4. The minimum atomic E-state index is -0.155. The number of benzene rings is 1. The second kappa shape index (κ2) is 6.03. The van der Waals surface area contributed by atoms with Gasteiger partial charge in [-0.1, -0.05) is 5.21 Å². The van der Waals surface area contributed by atoms with Crippen molar-refractivity contribution < 1.29 is 14.2 Å². The Balaban J connectivity index is 2.08. The highest BCUT2D eigenvalue weighted by molar-refractivity contribution is 5.49. The van der Waals surface area contributed by atoms with Crippen LogP contribution in [0.3, 0.4) is 0 Å². The van der Waals surface area contributed by atoms with Gasteiger partial charge in [-0.15, -0.1) is 5.10 Å². The molecule has 0 amide bonds. The molecule has 3 rings (SSSR count). The molecule has 114 valence electrons. The lowest BCUT2D eigenvalue weighted by molar-refractivity contribution is 0.106. The predicted octanol–water partition coefficient (Wildman–Crippen LogP) is 2.01. The van der Waals surface area contributed by atoms with Gasteiger partial charge in [0.25, 0.3) is 0 Å². The van der Waals surface area contributed by atoms with E-state index in [0.29, 0.717) is 29.5 Å². The summed E-state index contributed by atoms with van der Waals surface area (Å²) in [5.74, 6) is 1.22. The van der Waals surface area contributed by atoms with Gasteiger partial charge >= 0.3 is 0 Å². The molecule has 1 aromatic heterocycles. The first kappa shape index (κ1) is 14.4. The van der Waals surface area contributed by atoms with Gasteiger partial charge in [-0.3, -0.25) is 0 Å². The number of rotatable bonds is 4. The van der Waals surface area contributed by atoms with E-state index in [1.807, 2.05) is 6.07 Å². The van der Waals surface area contributed by atoms with Gasteiger partial charge in [-0.25, -0.2) is 4.68 Å². The summed E-state index contributed by atoms with van der Waals surface area (Å²) in [6, 6.07) is 7.52. The molecule has 1 aromatic carbocycles. The summed E-state index contributed by atoms with van der Waals surface area (Å²) in [4.78, 5) is 0. The first-order valence-electron chi connectivity index (χ1n) is 6.98. The van der Waals surface area contributed by atoms with Crippen LogP contribution in [-0.2, 0) is 4.74 Å². The van der Waals surface area contributed by atoms with E-state index in [4.69, 9.17) is 14.2 Å². The van der Waals surface area contributed by atoms with Crippen LogP contribution in [0.2, 0.25) is 0 Å². The molecule has 0 bridgehead atoms. The van der Waals surface area contributed by atoms with E-state index in [1.165, 1.54) is 0 Å². The maximum absolute atomic E-state index is 9.26. The molecule has 0 saturated carbocycles. The van der Waals surface area contributed by atoms with Gasteiger partial charge in [-0.05, 0) is 25.0 Å². The monoisotopic (exact) mass is 300 g/mol. The highest BCUT2D eigenvalue weighted by Gasteiger charge is 2.27. The molecule has 0 N–H and O–H groups in total. The van der Waals surface area contributed by atoms with Gasteiger partial charge in [0.05, 0.1) is 19.9 Å². The van der Waals surface area contributed by atoms with Gasteiger partial charge in [-0.2, -0.15) is 5.26 Å². The normalized spacial score (nSPS) is 17.2. The van der Waals surface area contributed by atoms with E-state index in [1.54, 1.807) is 31.0 Å².